The van der Waals surface area contributed by atoms with E-state index in [9.17, 15) is 23.3 Å². The molecule has 9 heteroatoms. The second-order valence-electron chi connectivity index (χ2n) is 3.72. The van der Waals surface area contributed by atoms with E-state index in [0.29, 0.717) is 17.3 Å². The Bertz CT molecular complexity index is 562. The minimum Gasteiger partial charge on any atom is -0.265 e. The number of nitrogens with zero attached hydrogens (tertiary/aromatic N) is 2. The lowest BCUT2D eigenvalue weighted by atomic mass is 10.1. The van der Waals surface area contributed by atoms with Crippen LogP contribution in [-0.2, 0) is 0 Å². The molecule has 0 amide bonds. The molecule has 19 heavy (non-hydrogen) atoms. The van der Waals surface area contributed by atoms with Crippen LogP contribution in [-0.4, -0.2) is 21.9 Å². The highest BCUT2D eigenvalue weighted by Gasteiger charge is 2.40. The smallest absolute Gasteiger partial charge is 0.265 e. The van der Waals surface area contributed by atoms with Crippen LogP contribution in [0.25, 0.3) is 0 Å². The first kappa shape index (κ1) is 14.1. The zero-order valence-corrected chi connectivity index (χ0v) is 10.7. The van der Waals surface area contributed by atoms with E-state index in [1.807, 2.05) is 0 Å². The van der Waals surface area contributed by atoms with Crippen LogP contribution >= 0.6 is 23.4 Å². The number of rotatable bonds is 2. The summed E-state index contributed by atoms with van der Waals surface area (Å²) in [6.45, 7) is 0. The van der Waals surface area contributed by atoms with Gasteiger partial charge < -0.3 is 0 Å². The van der Waals surface area contributed by atoms with E-state index in [1.54, 1.807) is 0 Å². The van der Waals surface area contributed by atoms with Crippen molar-refractivity contribution in [1.29, 1.82) is 0 Å². The van der Waals surface area contributed by atoms with E-state index in [-0.39, 0.29) is 16.5 Å². The summed E-state index contributed by atoms with van der Waals surface area (Å²) in [6, 6.07) is 2.93. The molecule has 0 saturated carbocycles. The molecule has 0 radical (unpaired) electrons. The number of non-ortho nitro benzene ring substituents is 1. The zero-order chi connectivity index (χ0) is 14.2. The van der Waals surface area contributed by atoms with E-state index in [4.69, 9.17) is 11.6 Å². The second-order valence-corrected chi connectivity index (χ2v) is 5.14. The van der Waals surface area contributed by atoms with Gasteiger partial charge in [0.15, 0.2) is 5.04 Å². The average molecular weight is 311 g/mol. The van der Waals surface area contributed by atoms with Crippen molar-refractivity contribution in [1.82, 2.24) is 0 Å². The summed E-state index contributed by atoms with van der Waals surface area (Å²) in [5, 5.41) is 9.69. The van der Waals surface area contributed by atoms with Crippen molar-refractivity contribution in [3.63, 3.8) is 0 Å². The summed E-state index contributed by atoms with van der Waals surface area (Å²) in [5.41, 5.74) is 0.151. The maximum atomic E-state index is 12.4. The summed E-state index contributed by atoms with van der Waals surface area (Å²) < 4.78 is 37.3. The van der Waals surface area contributed by atoms with Gasteiger partial charge in [-0.2, -0.15) is 13.2 Å². The highest BCUT2D eigenvalue weighted by Crippen LogP contribution is 2.39. The van der Waals surface area contributed by atoms with Gasteiger partial charge in [0.05, 0.1) is 16.0 Å². The van der Waals surface area contributed by atoms with E-state index >= 15 is 0 Å². The number of aliphatic imine (C=N–C) groups is 1. The first-order valence-electron chi connectivity index (χ1n) is 5.00. The predicted molar refractivity (Wildman–Crippen MR) is 66.8 cm³/mol. The molecule has 0 aliphatic carbocycles. The molecule has 1 aromatic rings. The number of nitro benzene ring substituents is 1. The van der Waals surface area contributed by atoms with Crippen molar-refractivity contribution >= 4 is 34.1 Å². The molecule has 0 bridgehead atoms. The van der Waals surface area contributed by atoms with Crippen molar-refractivity contribution in [2.75, 3.05) is 5.75 Å². The van der Waals surface area contributed by atoms with Gasteiger partial charge in [0, 0.05) is 17.9 Å². The molecular weight excluding hydrogens is 305 g/mol. The zero-order valence-electron chi connectivity index (χ0n) is 9.15. The Morgan fingerprint density at radius 3 is 2.63 bits per heavy atom. The lowest BCUT2D eigenvalue weighted by Crippen LogP contribution is -2.17. The Hall–Kier alpha value is -1.28. The molecule has 1 atom stereocenters. The largest absolute Gasteiger partial charge is 0.439 e. The monoisotopic (exact) mass is 310 g/mol. The maximum absolute atomic E-state index is 12.4. The molecule has 1 heterocycles. The molecule has 102 valence electrons. The fraction of sp³-hybridized carbons (Fsp3) is 0.300. The van der Waals surface area contributed by atoms with Crippen LogP contribution in [0.15, 0.2) is 23.2 Å². The van der Waals surface area contributed by atoms with Gasteiger partial charge in [-0.25, -0.2) is 0 Å². The molecule has 0 spiro atoms. The summed E-state index contributed by atoms with van der Waals surface area (Å²) >= 11 is 6.46. The quantitative estimate of drug-likeness (QED) is 0.613. The molecule has 0 N–H and O–H groups in total. The van der Waals surface area contributed by atoms with Gasteiger partial charge in [0.25, 0.3) is 5.69 Å². The molecule has 1 aliphatic rings. The number of hydrogen-bond donors (Lipinski definition) is 0. The van der Waals surface area contributed by atoms with Crippen LogP contribution in [0.3, 0.4) is 0 Å². The predicted octanol–water partition coefficient (Wildman–Crippen LogP) is 4.00. The minimum absolute atomic E-state index is 0.0481. The fourth-order valence-corrected chi connectivity index (χ4v) is 2.82. The Morgan fingerprint density at radius 1 is 1.47 bits per heavy atom. The lowest BCUT2D eigenvalue weighted by molar-refractivity contribution is -0.384. The molecule has 4 nitrogen and oxygen atoms in total. The molecule has 2 rings (SSSR count). The molecule has 0 aromatic heterocycles. The van der Waals surface area contributed by atoms with E-state index in [2.05, 4.69) is 4.99 Å². The third-order valence-electron chi connectivity index (χ3n) is 2.45. The maximum Gasteiger partial charge on any atom is 0.439 e. The SMILES string of the molecule is O=[N+]([O-])c1ccc(C2CSC(C(F)(F)F)=N2)c(Cl)c1. The van der Waals surface area contributed by atoms with Gasteiger partial charge >= 0.3 is 6.18 Å². The van der Waals surface area contributed by atoms with Crippen LogP contribution in [0.4, 0.5) is 18.9 Å². The second kappa shape index (κ2) is 5.01. The number of nitro groups is 1. The summed E-state index contributed by atoms with van der Waals surface area (Å²) in [5.74, 6) is 0.117. The number of benzene rings is 1. The first-order valence-corrected chi connectivity index (χ1v) is 6.37. The van der Waals surface area contributed by atoms with Gasteiger partial charge in [-0.3, -0.25) is 15.1 Å². The van der Waals surface area contributed by atoms with E-state index in [1.165, 1.54) is 12.1 Å². The highest BCUT2D eigenvalue weighted by molar-refractivity contribution is 8.14. The molecule has 0 saturated heterocycles. The van der Waals surface area contributed by atoms with Crippen LogP contribution in [0, 0.1) is 10.1 Å². The summed E-state index contributed by atoms with van der Waals surface area (Å²) in [7, 11) is 0. The number of alkyl halides is 3. The molecule has 1 aliphatic heterocycles. The molecule has 1 aromatic carbocycles. The summed E-state index contributed by atoms with van der Waals surface area (Å²) in [6.07, 6.45) is -4.47. The Labute approximate surface area is 114 Å². The van der Waals surface area contributed by atoms with Gasteiger partial charge in [-0.15, -0.1) is 0 Å². The molecule has 0 fully saturated rings. The molecule has 1 unspecified atom stereocenters. The first-order chi connectivity index (χ1) is 8.79. The lowest BCUT2D eigenvalue weighted by Gasteiger charge is -2.08. The average Bonchev–Trinajstić information content (AvgIpc) is 2.77. The fourth-order valence-electron chi connectivity index (χ4n) is 1.59. The topological polar surface area (TPSA) is 55.5 Å². The number of hydrogen-bond acceptors (Lipinski definition) is 4. The van der Waals surface area contributed by atoms with E-state index < -0.39 is 22.2 Å². The van der Waals surface area contributed by atoms with Crippen molar-refractivity contribution in [2.45, 2.75) is 12.2 Å². The van der Waals surface area contributed by atoms with Gasteiger partial charge in [0.1, 0.15) is 0 Å². The normalized spacial score (nSPS) is 19.4. The molecular formula is C10H6ClF3N2O2S. The van der Waals surface area contributed by atoms with Crippen LogP contribution in [0.5, 0.6) is 0 Å². The highest BCUT2D eigenvalue weighted by atomic mass is 35.5. The number of thioether (sulfide) groups is 1. The van der Waals surface area contributed by atoms with Gasteiger partial charge in [0.2, 0.25) is 0 Å². The van der Waals surface area contributed by atoms with Crippen LogP contribution < -0.4 is 0 Å². The third kappa shape index (κ3) is 3.01. The van der Waals surface area contributed by atoms with Crippen molar-refractivity contribution in [3.05, 3.63) is 38.9 Å². The Morgan fingerprint density at radius 2 is 2.16 bits per heavy atom. The van der Waals surface area contributed by atoms with Crippen LogP contribution in [0.2, 0.25) is 5.02 Å². The Balaban J connectivity index is 2.30. The van der Waals surface area contributed by atoms with Crippen molar-refractivity contribution in [3.8, 4) is 0 Å². The van der Waals surface area contributed by atoms with Gasteiger partial charge in [-0.1, -0.05) is 23.4 Å². The Kier molecular flexibility index (Phi) is 3.73. The van der Waals surface area contributed by atoms with Crippen molar-refractivity contribution < 1.29 is 18.1 Å². The minimum atomic E-state index is -4.47. The van der Waals surface area contributed by atoms with Gasteiger partial charge in [-0.05, 0) is 11.6 Å². The number of halogens is 4. The van der Waals surface area contributed by atoms with Crippen LogP contribution in [0.1, 0.15) is 11.6 Å². The summed E-state index contributed by atoms with van der Waals surface area (Å²) in [4.78, 5) is 13.5. The van der Waals surface area contributed by atoms with E-state index in [0.717, 1.165) is 6.07 Å². The van der Waals surface area contributed by atoms with Crippen molar-refractivity contribution in [2.24, 2.45) is 4.99 Å². The third-order valence-corrected chi connectivity index (χ3v) is 3.87. The standard InChI is InChI=1S/C10H6ClF3N2O2S/c11-7-3-5(16(17)18)1-2-6(7)8-4-19-9(15-8)10(12,13)14/h1-3,8H,4H2.